The van der Waals surface area contributed by atoms with Gasteiger partial charge in [-0.1, -0.05) is 42.1 Å². The summed E-state index contributed by atoms with van der Waals surface area (Å²) in [6, 6.07) is 16.5. The summed E-state index contributed by atoms with van der Waals surface area (Å²) in [6.45, 7) is 3.28. The Hall–Kier alpha value is -2.93. The molecule has 0 saturated heterocycles. The van der Waals surface area contributed by atoms with Crippen molar-refractivity contribution in [1.29, 1.82) is 0 Å². The van der Waals surface area contributed by atoms with Gasteiger partial charge in [-0.25, -0.2) is 9.67 Å². The van der Waals surface area contributed by atoms with Crippen LogP contribution in [0.1, 0.15) is 24.2 Å². The van der Waals surface area contributed by atoms with E-state index in [1.807, 2.05) is 30.3 Å². The van der Waals surface area contributed by atoms with Crippen molar-refractivity contribution in [3.05, 3.63) is 66.5 Å². The number of carbonyl (C=O) groups excluding carboxylic acids is 2. The quantitative estimate of drug-likeness (QED) is 0.533. The van der Waals surface area contributed by atoms with Gasteiger partial charge in [-0.15, -0.1) is 5.10 Å². The third kappa shape index (κ3) is 4.37. The highest BCUT2D eigenvalue weighted by Crippen LogP contribution is 2.21. The number of para-hydroxylation sites is 1. The molecule has 0 aliphatic heterocycles. The Morgan fingerprint density at radius 2 is 1.88 bits per heavy atom. The molecule has 1 unspecified atom stereocenters. The van der Waals surface area contributed by atoms with E-state index in [4.69, 9.17) is 0 Å². The van der Waals surface area contributed by atoms with E-state index < -0.39 is 0 Å². The highest BCUT2D eigenvalue weighted by molar-refractivity contribution is 8.00. The first-order chi connectivity index (χ1) is 12.5. The van der Waals surface area contributed by atoms with E-state index in [0.29, 0.717) is 16.4 Å². The molecule has 7 heteroatoms. The number of ketones is 1. The standard InChI is InChI=1S/C19H18N4O2S/c1-13(24)15-7-6-8-16(11-15)21-18(25)14(2)26-19-20-12-23(22-19)17-9-4-3-5-10-17/h3-12,14H,1-2H3,(H,21,25). The van der Waals surface area contributed by atoms with Crippen LogP contribution >= 0.6 is 11.8 Å². The Bertz CT molecular complexity index is 924. The second-order valence-electron chi connectivity index (χ2n) is 5.69. The van der Waals surface area contributed by atoms with E-state index in [1.165, 1.54) is 18.7 Å². The molecule has 0 radical (unpaired) electrons. The smallest absolute Gasteiger partial charge is 0.237 e. The second kappa shape index (κ2) is 7.97. The normalized spacial score (nSPS) is 11.8. The molecule has 3 rings (SSSR count). The van der Waals surface area contributed by atoms with Gasteiger partial charge in [0.2, 0.25) is 11.1 Å². The van der Waals surface area contributed by atoms with Crippen LogP contribution in [0.5, 0.6) is 0 Å². The molecule has 3 aromatic rings. The van der Waals surface area contributed by atoms with Gasteiger partial charge >= 0.3 is 0 Å². The summed E-state index contributed by atoms with van der Waals surface area (Å²) in [4.78, 5) is 28.1. The first-order valence-electron chi connectivity index (χ1n) is 8.08. The second-order valence-corrected chi connectivity index (χ2v) is 7.00. The Morgan fingerprint density at radius 1 is 1.12 bits per heavy atom. The van der Waals surface area contributed by atoms with Crippen LogP contribution in [0.3, 0.4) is 0 Å². The molecule has 0 aliphatic carbocycles. The third-order valence-electron chi connectivity index (χ3n) is 3.68. The van der Waals surface area contributed by atoms with Crippen LogP contribution in [0, 0.1) is 0 Å². The zero-order valence-corrected chi connectivity index (χ0v) is 15.2. The number of Topliss-reactive ketones (excluding diaryl/α,β-unsaturated/α-hetero) is 1. The predicted molar refractivity (Wildman–Crippen MR) is 102 cm³/mol. The van der Waals surface area contributed by atoms with Crippen LogP contribution in [0.2, 0.25) is 0 Å². The van der Waals surface area contributed by atoms with Crippen molar-refractivity contribution in [3.8, 4) is 5.69 Å². The Morgan fingerprint density at radius 3 is 2.62 bits per heavy atom. The number of hydrogen-bond donors (Lipinski definition) is 1. The SMILES string of the molecule is CC(=O)c1cccc(NC(=O)C(C)Sc2ncn(-c3ccccc3)n2)c1. The molecule has 6 nitrogen and oxygen atoms in total. The van der Waals surface area contributed by atoms with Crippen molar-refractivity contribution in [2.75, 3.05) is 5.32 Å². The predicted octanol–water partition coefficient (Wildman–Crippen LogP) is 3.59. The summed E-state index contributed by atoms with van der Waals surface area (Å²) in [5.74, 6) is -0.217. The molecule has 1 aromatic heterocycles. The molecule has 0 saturated carbocycles. The van der Waals surface area contributed by atoms with Gasteiger partial charge in [0.05, 0.1) is 10.9 Å². The number of amides is 1. The molecule has 1 atom stereocenters. The number of nitrogens with one attached hydrogen (secondary N) is 1. The van der Waals surface area contributed by atoms with Gasteiger partial charge < -0.3 is 5.32 Å². The lowest BCUT2D eigenvalue weighted by atomic mass is 10.1. The van der Waals surface area contributed by atoms with Gasteiger partial charge in [-0.05, 0) is 38.1 Å². The highest BCUT2D eigenvalue weighted by Gasteiger charge is 2.17. The highest BCUT2D eigenvalue weighted by atomic mass is 32.2. The Kier molecular flexibility index (Phi) is 5.48. The molecule has 2 aromatic carbocycles. The average molecular weight is 366 g/mol. The summed E-state index contributed by atoms with van der Waals surface area (Å²) in [5, 5.41) is 7.35. The Labute approximate surface area is 155 Å². The van der Waals surface area contributed by atoms with E-state index in [9.17, 15) is 9.59 Å². The van der Waals surface area contributed by atoms with Gasteiger partial charge in [0, 0.05) is 11.3 Å². The summed E-state index contributed by atoms with van der Waals surface area (Å²) in [5.41, 5.74) is 2.06. The van der Waals surface area contributed by atoms with Crippen molar-refractivity contribution in [3.63, 3.8) is 0 Å². The maximum atomic E-state index is 12.4. The van der Waals surface area contributed by atoms with Gasteiger partial charge in [0.15, 0.2) is 5.78 Å². The maximum absolute atomic E-state index is 12.4. The molecule has 0 bridgehead atoms. The molecule has 1 heterocycles. The number of anilines is 1. The molecule has 0 fully saturated rings. The number of nitrogens with zero attached hydrogens (tertiary/aromatic N) is 3. The lowest BCUT2D eigenvalue weighted by molar-refractivity contribution is -0.115. The van der Waals surface area contributed by atoms with E-state index in [0.717, 1.165) is 5.69 Å². The first kappa shape index (κ1) is 17.9. The number of hydrogen-bond acceptors (Lipinski definition) is 5. The van der Waals surface area contributed by atoms with Gasteiger partial charge in [-0.3, -0.25) is 9.59 Å². The van der Waals surface area contributed by atoms with Crippen LogP contribution in [0.15, 0.2) is 66.1 Å². The van der Waals surface area contributed by atoms with Gasteiger partial charge in [-0.2, -0.15) is 0 Å². The van der Waals surface area contributed by atoms with Crippen LogP contribution in [0.25, 0.3) is 5.69 Å². The zero-order valence-electron chi connectivity index (χ0n) is 14.4. The molecule has 132 valence electrons. The summed E-state index contributed by atoms with van der Waals surface area (Å²) < 4.78 is 1.67. The number of rotatable bonds is 6. The van der Waals surface area contributed by atoms with Crippen LogP contribution in [0.4, 0.5) is 5.69 Å². The topological polar surface area (TPSA) is 76.9 Å². The first-order valence-corrected chi connectivity index (χ1v) is 8.96. The van der Waals surface area contributed by atoms with Crippen molar-refractivity contribution >= 4 is 29.1 Å². The van der Waals surface area contributed by atoms with Crippen molar-refractivity contribution in [2.24, 2.45) is 0 Å². The van der Waals surface area contributed by atoms with Crippen LogP contribution < -0.4 is 5.32 Å². The minimum atomic E-state index is -0.386. The minimum absolute atomic E-state index is 0.0424. The van der Waals surface area contributed by atoms with E-state index in [2.05, 4.69) is 15.4 Å². The molecular formula is C19H18N4O2S. The largest absolute Gasteiger partial charge is 0.325 e. The molecule has 0 spiro atoms. The molecule has 1 amide bonds. The fourth-order valence-electron chi connectivity index (χ4n) is 2.28. The average Bonchev–Trinajstić information content (AvgIpc) is 3.11. The maximum Gasteiger partial charge on any atom is 0.237 e. The summed E-state index contributed by atoms with van der Waals surface area (Å²) in [7, 11) is 0. The van der Waals surface area contributed by atoms with Crippen LogP contribution in [-0.2, 0) is 4.79 Å². The Balaban J connectivity index is 1.64. The third-order valence-corrected chi connectivity index (χ3v) is 4.65. The molecule has 26 heavy (non-hydrogen) atoms. The molecule has 1 N–H and O–H groups in total. The number of aromatic nitrogens is 3. The fraction of sp³-hybridized carbons (Fsp3) is 0.158. The van der Waals surface area contributed by atoms with Gasteiger partial charge in [0.1, 0.15) is 6.33 Å². The van der Waals surface area contributed by atoms with E-state index >= 15 is 0 Å². The van der Waals surface area contributed by atoms with Crippen molar-refractivity contribution in [2.45, 2.75) is 24.3 Å². The minimum Gasteiger partial charge on any atom is -0.325 e. The number of thioether (sulfide) groups is 1. The van der Waals surface area contributed by atoms with Gasteiger partial charge in [0.25, 0.3) is 0 Å². The lowest BCUT2D eigenvalue weighted by Crippen LogP contribution is -2.22. The number of benzene rings is 2. The summed E-state index contributed by atoms with van der Waals surface area (Å²) in [6.07, 6.45) is 1.62. The number of carbonyl (C=O) groups is 2. The summed E-state index contributed by atoms with van der Waals surface area (Å²) >= 11 is 1.27. The van der Waals surface area contributed by atoms with E-state index in [1.54, 1.807) is 42.2 Å². The monoisotopic (exact) mass is 366 g/mol. The molecular weight excluding hydrogens is 348 g/mol. The molecule has 0 aliphatic rings. The fourth-order valence-corrected chi connectivity index (χ4v) is 3.00. The zero-order chi connectivity index (χ0) is 18.5. The van der Waals surface area contributed by atoms with Crippen LogP contribution in [-0.4, -0.2) is 31.7 Å². The van der Waals surface area contributed by atoms with Crippen molar-refractivity contribution < 1.29 is 9.59 Å². The van der Waals surface area contributed by atoms with Crippen molar-refractivity contribution in [1.82, 2.24) is 14.8 Å². The van der Waals surface area contributed by atoms with E-state index in [-0.39, 0.29) is 16.9 Å². The lowest BCUT2D eigenvalue weighted by Gasteiger charge is -2.10.